The molecule has 0 radical (unpaired) electrons. The van der Waals surface area contributed by atoms with Crippen molar-refractivity contribution in [3.8, 4) is 11.3 Å². The monoisotopic (exact) mass is 322 g/mol. The van der Waals surface area contributed by atoms with Gasteiger partial charge in [-0.05, 0) is 38.0 Å². The molecule has 1 aliphatic heterocycles. The van der Waals surface area contributed by atoms with Gasteiger partial charge in [-0.15, -0.1) is 0 Å². The number of hydrogen-bond acceptors (Lipinski definition) is 4. The van der Waals surface area contributed by atoms with Crippen LogP contribution in [0.15, 0.2) is 36.7 Å². The summed E-state index contributed by atoms with van der Waals surface area (Å²) in [5.41, 5.74) is 4.38. The molecule has 4 rings (SSSR count). The van der Waals surface area contributed by atoms with E-state index in [1.165, 1.54) is 0 Å². The highest BCUT2D eigenvalue weighted by atomic mass is 16.5. The maximum Gasteiger partial charge on any atom is 0.130 e. The van der Waals surface area contributed by atoms with Gasteiger partial charge in [0.05, 0.1) is 5.52 Å². The lowest BCUT2D eigenvalue weighted by Gasteiger charge is -2.32. The molecule has 0 bridgehead atoms. The Morgan fingerprint density at radius 1 is 1.17 bits per heavy atom. The van der Waals surface area contributed by atoms with Crippen molar-refractivity contribution in [3.05, 3.63) is 42.4 Å². The van der Waals surface area contributed by atoms with Crippen LogP contribution in [0.25, 0.3) is 22.2 Å². The van der Waals surface area contributed by atoms with Crippen molar-refractivity contribution >= 4 is 16.7 Å². The van der Waals surface area contributed by atoms with Gasteiger partial charge in [0.25, 0.3) is 0 Å². The number of rotatable bonds is 3. The van der Waals surface area contributed by atoms with E-state index in [0.29, 0.717) is 6.04 Å². The average molecular weight is 322 g/mol. The molecule has 0 amide bonds. The molecule has 5 heteroatoms. The minimum Gasteiger partial charge on any atom is -0.381 e. The molecule has 4 heterocycles. The number of ether oxygens (including phenoxy) is 1. The van der Waals surface area contributed by atoms with Crippen molar-refractivity contribution in [3.63, 3.8) is 0 Å². The normalized spacial score (nSPS) is 15.8. The van der Waals surface area contributed by atoms with Crippen LogP contribution in [0.3, 0.4) is 0 Å². The molecule has 1 N–H and O–H groups in total. The van der Waals surface area contributed by atoms with Crippen molar-refractivity contribution in [1.29, 1.82) is 0 Å². The van der Waals surface area contributed by atoms with Crippen LogP contribution in [0.5, 0.6) is 0 Å². The fourth-order valence-electron chi connectivity index (χ4n) is 3.34. The first kappa shape index (κ1) is 15.1. The third kappa shape index (κ3) is 2.87. The van der Waals surface area contributed by atoms with Gasteiger partial charge >= 0.3 is 0 Å². The second-order valence-electron chi connectivity index (χ2n) is 6.45. The van der Waals surface area contributed by atoms with Gasteiger partial charge in [-0.1, -0.05) is 0 Å². The highest BCUT2D eigenvalue weighted by Crippen LogP contribution is 2.27. The third-order valence-electron chi connectivity index (χ3n) is 4.80. The van der Waals surface area contributed by atoms with Crippen LogP contribution < -0.4 is 4.90 Å². The van der Waals surface area contributed by atoms with Crippen molar-refractivity contribution in [2.24, 2.45) is 0 Å². The number of hydrogen-bond donors (Lipinski definition) is 1. The number of aromatic nitrogens is 3. The number of nitrogens with zero attached hydrogens (tertiary/aromatic N) is 3. The molecule has 1 saturated heterocycles. The molecule has 0 spiro atoms. The Morgan fingerprint density at radius 3 is 2.79 bits per heavy atom. The zero-order chi connectivity index (χ0) is 16.5. The second kappa shape index (κ2) is 6.24. The smallest absolute Gasteiger partial charge is 0.130 e. The van der Waals surface area contributed by atoms with Crippen molar-refractivity contribution in [2.75, 3.05) is 25.2 Å². The van der Waals surface area contributed by atoms with Gasteiger partial charge in [-0.25, -0.2) is 4.98 Å². The van der Waals surface area contributed by atoms with E-state index in [0.717, 1.165) is 59.7 Å². The van der Waals surface area contributed by atoms with Crippen LogP contribution in [-0.2, 0) is 4.74 Å². The average Bonchev–Trinajstić information content (AvgIpc) is 3.05. The topological polar surface area (TPSA) is 54.0 Å². The summed E-state index contributed by atoms with van der Waals surface area (Å²) in [6.07, 6.45) is 5.91. The standard InChI is InChI=1S/C19H22N4O/c1-13-9-14(3-6-20-13)17-10-15-12-21-19(11-18(15)22-17)23(2)16-4-7-24-8-5-16/h3,6,9-12,16,22H,4-5,7-8H2,1-2H3. The van der Waals surface area contributed by atoms with E-state index in [-0.39, 0.29) is 0 Å². The quantitative estimate of drug-likeness (QED) is 0.801. The molecule has 3 aromatic rings. The lowest BCUT2D eigenvalue weighted by Crippen LogP contribution is -2.37. The number of aryl methyl sites for hydroxylation is 1. The fraction of sp³-hybridized carbons (Fsp3) is 0.368. The summed E-state index contributed by atoms with van der Waals surface area (Å²) in [7, 11) is 2.13. The molecule has 0 atom stereocenters. The zero-order valence-corrected chi connectivity index (χ0v) is 14.1. The molecule has 124 valence electrons. The molecule has 3 aromatic heterocycles. The summed E-state index contributed by atoms with van der Waals surface area (Å²) >= 11 is 0. The SMILES string of the molecule is Cc1cc(-c2cc3cnc(N(C)C4CCOCC4)cc3[nH]2)ccn1. The van der Waals surface area contributed by atoms with Gasteiger partial charge in [-0.2, -0.15) is 0 Å². The molecule has 0 unspecified atom stereocenters. The number of aromatic amines is 1. The van der Waals surface area contributed by atoms with Gasteiger partial charge < -0.3 is 14.6 Å². The maximum absolute atomic E-state index is 5.46. The fourth-order valence-corrected chi connectivity index (χ4v) is 3.34. The molecule has 0 saturated carbocycles. The Balaban J connectivity index is 1.65. The van der Waals surface area contributed by atoms with Crippen LogP contribution >= 0.6 is 0 Å². The first-order chi connectivity index (χ1) is 11.7. The second-order valence-corrected chi connectivity index (χ2v) is 6.45. The molecule has 1 fully saturated rings. The van der Waals surface area contributed by atoms with E-state index in [1.54, 1.807) is 0 Å². The van der Waals surface area contributed by atoms with Crippen LogP contribution in [0.1, 0.15) is 18.5 Å². The van der Waals surface area contributed by atoms with Crippen LogP contribution in [0.2, 0.25) is 0 Å². The van der Waals surface area contributed by atoms with Crippen molar-refractivity contribution < 1.29 is 4.74 Å². The molecule has 0 aromatic carbocycles. The highest BCUT2D eigenvalue weighted by Gasteiger charge is 2.20. The maximum atomic E-state index is 5.46. The summed E-state index contributed by atoms with van der Waals surface area (Å²) in [6, 6.07) is 8.91. The first-order valence-corrected chi connectivity index (χ1v) is 8.43. The van der Waals surface area contributed by atoms with Gasteiger partial charge in [-0.3, -0.25) is 4.98 Å². The summed E-state index contributed by atoms with van der Waals surface area (Å²) in [5.74, 6) is 1.01. The van der Waals surface area contributed by atoms with E-state index in [1.807, 2.05) is 25.4 Å². The first-order valence-electron chi connectivity index (χ1n) is 8.43. The summed E-state index contributed by atoms with van der Waals surface area (Å²) in [6.45, 7) is 3.69. The molecule has 5 nitrogen and oxygen atoms in total. The molecule has 24 heavy (non-hydrogen) atoms. The Labute approximate surface area is 141 Å². The molecular formula is C19H22N4O. The highest BCUT2D eigenvalue weighted by molar-refractivity contribution is 5.86. The number of anilines is 1. The van der Waals surface area contributed by atoms with E-state index >= 15 is 0 Å². The number of H-pyrrole nitrogens is 1. The summed E-state index contributed by atoms with van der Waals surface area (Å²) in [5, 5.41) is 1.13. The van der Waals surface area contributed by atoms with Crippen molar-refractivity contribution in [1.82, 2.24) is 15.0 Å². The zero-order valence-electron chi connectivity index (χ0n) is 14.1. The predicted octanol–water partition coefficient (Wildman–Crippen LogP) is 3.55. The van der Waals surface area contributed by atoms with Crippen LogP contribution in [-0.4, -0.2) is 41.3 Å². The van der Waals surface area contributed by atoms with E-state index in [2.05, 4.69) is 45.1 Å². The number of fused-ring (bicyclic) bond motifs is 1. The Morgan fingerprint density at radius 2 is 2.00 bits per heavy atom. The minimum atomic E-state index is 0.501. The van der Waals surface area contributed by atoms with Crippen LogP contribution in [0, 0.1) is 6.92 Å². The van der Waals surface area contributed by atoms with Gasteiger partial charge in [0.1, 0.15) is 5.82 Å². The third-order valence-corrected chi connectivity index (χ3v) is 4.80. The van der Waals surface area contributed by atoms with Crippen LogP contribution in [0.4, 0.5) is 5.82 Å². The van der Waals surface area contributed by atoms with Gasteiger partial charge in [0, 0.05) is 67.1 Å². The van der Waals surface area contributed by atoms with Gasteiger partial charge in [0.2, 0.25) is 0 Å². The number of pyridine rings is 2. The van der Waals surface area contributed by atoms with E-state index in [9.17, 15) is 0 Å². The molecule has 0 aliphatic carbocycles. The number of nitrogens with one attached hydrogen (secondary N) is 1. The Bertz CT molecular complexity index is 851. The largest absolute Gasteiger partial charge is 0.381 e. The van der Waals surface area contributed by atoms with Gasteiger partial charge in [0.15, 0.2) is 0 Å². The summed E-state index contributed by atoms with van der Waals surface area (Å²) < 4.78 is 5.46. The Hall–Kier alpha value is -2.40. The predicted molar refractivity (Wildman–Crippen MR) is 96.3 cm³/mol. The lowest BCUT2D eigenvalue weighted by molar-refractivity contribution is 0.0853. The summed E-state index contributed by atoms with van der Waals surface area (Å²) in [4.78, 5) is 14.7. The van der Waals surface area contributed by atoms with E-state index < -0.39 is 0 Å². The van der Waals surface area contributed by atoms with Crippen molar-refractivity contribution in [2.45, 2.75) is 25.8 Å². The van der Waals surface area contributed by atoms with E-state index in [4.69, 9.17) is 4.74 Å². The molecule has 1 aliphatic rings. The lowest BCUT2D eigenvalue weighted by atomic mass is 10.1. The minimum absolute atomic E-state index is 0.501. The Kier molecular flexibility index (Phi) is 3.94. The molecular weight excluding hydrogens is 300 g/mol.